The maximum absolute atomic E-state index is 12.8. The Kier molecular flexibility index (Phi) is 6.17. The van der Waals surface area contributed by atoms with Crippen molar-refractivity contribution in [2.24, 2.45) is 5.73 Å². The van der Waals surface area contributed by atoms with Gasteiger partial charge in [-0.05, 0) is 36.2 Å². The number of fused-ring (bicyclic) bond motifs is 3. The molecule has 0 aliphatic carbocycles. The number of carbonyl (C=O) groups is 2. The van der Waals surface area contributed by atoms with Crippen LogP contribution in [0.1, 0.15) is 45.1 Å². The van der Waals surface area contributed by atoms with Gasteiger partial charge in [0.25, 0.3) is 11.8 Å². The van der Waals surface area contributed by atoms with E-state index in [0.717, 1.165) is 16.5 Å². The highest BCUT2D eigenvalue weighted by Crippen LogP contribution is 2.25. The number of nitrogens with two attached hydrogens (primary N) is 1. The molecule has 0 saturated carbocycles. The van der Waals surface area contributed by atoms with Gasteiger partial charge >= 0.3 is 0 Å². The quantitative estimate of drug-likeness (QED) is 0.418. The molecule has 0 spiro atoms. The van der Waals surface area contributed by atoms with Crippen LogP contribution in [0.3, 0.4) is 0 Å². The predicted molar refractivity (Wildman–Crippen MR) is 128 cm³/mol. The predicted octanol–water partition coefficient (Wildman–Crippen LogP) is 2.72. The molecule has 1 atom stereocenters. The van der Waals surface area contributed by atoms with Gasteiger partial charge in [0.15, 0.2) is 0 Å². The van der Waals surface area contributed by atoms with Crippen LogP contribution in [0.4, 0.5) is 5.69 Å². The van der Waals surface area contributed by atoms with E-state index in [2.05, 4.69) is 20.7 Å². The molecular weight excluding hydrogens is 442 g/mol. The summed E-state index contributed by atoms with van der Waals surface area (Å²) < 4.78 is 3.65. The Bertz CT molecular complexity index is 1330. The number of amides is 2. The smallest absolute Gasteiger partial charge is 0.274 e. The first-order chi connectivity index (χ1) is 15.5. The topological polar surface area (TPSA) is 120 Å². The molecule has 1 unspecified atom stereocenters. The summed E-state index contributed by atoms with van der Waals surface area (Å²) in [7, 11) is 0. The fourth-order valence-corrected chi connectivity index (χ4v) is 3.94. The average molecular weight is 466 g/mol. The number of hydrogen-bond acceptors (Lipinski definition) is 5. The number of anilines is 1. The van der Waals surface area contributed by atoms with E-state index in [1.807, 2.05) is 41.8 Å². The zero-order valence-corrected chi connectivity index (χ0v) is 18.8. The van der Waals surface area contributed by atoms with E-state index in [1.165, 1.54) is 0 Å². The molecule has 4 heterocycles. The molecule has 1 aliphatic heterocycles. The van der Waals surface area contributed by atoms with Gasteiger partial charge in [0.05, 0.1) is 24.5 Å². The number of benzene rings is 1. The number of rotatable bonds is 5. The van der Waals surface area contributed by atoms with E-state index in [4.69, 9.17) is 5.73 Å². The van der Waals surface area contributed by atoms with E-state index in [0.29, 0.717) is 36.7 Å². The molecule has 3 aromatic heterocycles. The van der Waals surface area contributed by atoms with Gasteiger partial charge in [-0.25, -0.2) is 4.98 Å². The highest BCUT2D eigenvalue weighted by atomic mass is 35.5. The van der Waals surface area contributed by atoms with Crippen LogP contribution in [-0.4, -0.2) is 37.7 Å². The van der Waals surface area contributed by atoms with E-state index >= 15 is 0 Å². The average Bonchev–Trinajstić information content (AvgIpc) is 3.41. The van der Waals surface area contributed by atoms with Crippen molar-refractivity contribution in [2.45, 2.75) is 26.1 Å². The van der Waals surface area contributed by atoms with Crippen molar-refractivity contribution in [1.29, 1.82) is 0 Å². The number of nitrogens with one attached hydrogen (secondary N) is 2. The van der Waals surface area contributed by atoms with Crippen LogP contribution < -0.4 is 16.4 Å². The lowest BCUT2D eigenvalue weighted by molar-refractivity contribution is 0.0918. The second-order valence-corrected chi connectivity index (χ2v) is 7.97. The fraction of sp³-hybridized carbons (Fsp3) is 0.217. The molecule has 1 aliphatic rings. The van der Waals surface area contributed by atoms with Crippen LogP contribution in [0.2, 0.25) is 0 Å². The van der Waals surface area contributed by atoms with E-state index in [9.17, 15) is 9.59 Å². The van der Waals surface area contributed by atoms with Gasteiger partial charge in [0, 0.05) is 24.7 Å². The van der Waals surface area contributed by atoms with Crippen LogP contribution in [-0.2, 0) is 13.1 Å². The third-order valence-electron chi connectivity index (χ3n) is 5.64. The van der Waals surface area contributed by atoms with E-state index < -0.39 is 0 Å². The fourth-order valence-electron chi connectivity index (χ4n) is 3.94. The van der Waals surface area contributed by atoms with Crippen molar-refractivity contribution < 1.29 is 9.59 Å². The molecule has 2 amide bonds. The van der Waals surface area contributed by atoms with Gasteiger partial charge < -0.3 is 20.9 Å². The normalized spacial score (nSPS) is 15.0. The minimum absolute atomic E-state index is 0. The Balaban J connectivity index is 0.00000259. The molecule has 170 valence electrons. The molecule has 4 aromatic rings. The third-order valence-corrected chi connectivity index (χ3v) is 5.64. The molecule has 5 rings (SSSR count). The van der Waals surface area contributed by atoms with Crippen molar-refractivity contribution in [3.05, 3.63) is 77.4 Å². The van der Waals surface area contributed by atoms with Crippen molar-refractivity contribution in [3.63, 3.8) is 0 Å². The number of nitrogens with zero attached hydrogens (tertiary/aromatic N) is 4. The van der Waals surface area contributed by atoms with Gasteiger partial charge in [-0.1, -0.05) is 24.3 Å². The summed E-state index contributed by atoms with van der Waals surface area (Å²) in [5.74, 6) is -0.459. The molecule has 33 heavy (non-hydrogen) atoms. The van der Waals surface area contributed by atoms with Crippen molar-refractivity contribution in [3.8, 4) is 0 Å². The van der Waals surface area contributed by atoms with Gasteiger partial charge in [-0.2, -0.15) is 5.10 Å². The summed E-state index contributed by atoms with van der Waals surface area (Å²) >= 11 is 0. The lowest BCUT2D eigenvalue weighted by Gasteiger charge is -2.23. The second-order valence-electron chi connectivity index (χ2n) is 7.97. The molecule has 0 bridgehead atoms. The first-order valence-corrected chi connectivity index (χ1v) is 10.4. The van der Waals surface area contributed by atoms with Crippen molar-refractivity contribution in [1.82, 2.24) is 24.6 Å². The van der Waals surface area contributed by atoms with Crippen LogP contribution in [0, 0.1) is 0 Å². The zero-order chi connectivity index (χ0) is 22.2. The molecule has 0 radical (unpaired) electrons. The van der Waals surface area contributed by atoms with Crippen molar-refractivity contribution in [2.75, 3.05) is 11.9 Å². The van der Waals surface area contributed by atoms with Crippen LogP contribution in [0.25, 0.3) is 11.0 Å². The van der Waals surface area contributed by atoms with Gasteiger partial charge in [0.2, 0.25) is 0 Å². The largest absolute Gasteiger partial charge is 0.349 e. The maximum Gasteiger partial charge on any atom is 0.274 e. The first kappa shape index (κ1) is 22.5. The Morgan fingerprint density at radius 2 is 1.97 bits per heavy atom. The number of hydrogen-bond donors (Lipinski definition) is 3. The molecule has 0 fully saturated rings. The number of carbonyl (C=O) groups excluding carboxylic acids is 2. The number of pyridine rings is 1. The van der Waals surface area contributed by atoms with Crippen LogP contribution >= 0.6 is 12.4 Å². The second kappa shape index (κ2) is 9.05. The Morgan fingerprint density at radius 1 is 1.21 bits per heavy atom. The number of aromatic nitrogens is 4. The lowest BCUT2D eigenvalue weighted by atomic mass is 10.1. The molecular formula is C23H24ClN7O2. The van der Waals surface area contributed by atoms with Gasteiger partial charge in [-0.3, -0.25) is 14.3 Å². The molecule has 9 nitrogen and oxygen atoms in total. The molecule has 10 heteroatoms. The van der Waals surface area contributed by atoms with Crippen molar-refractivity contribution >= 4 is 40.9 Å². The van der Waals surface area contributed by atoms with Gasteiger partial charge in [-0.15, -0.1) is 12.4 Å². The molecule has 4 N–H and O–H groups in total. The van der Waals surface area contributed by atoms with E-state index in [1.54, 1.807) is 29.2 Å². The summed E-state index contributed by atoms with van der Waals surface area (Å²) in [6.45, 7) is 3.63. The van der Waals surface area contributed by atoms with Crippen LogP contribution in [0.5, 0.6) is 0 Å². The summed E-state index contributed by atoms with van der Waals surface area (Å²) in [6, 6.07) is 13.4. The first-order valence-electron chi connectivity index (χ1n) is 10.4. The SMILES string of the molecule is CC1CNC(=O)c2cc3ccc(C(=O)Nc4cnn(Cc5ccc(CN)cc5)c4)nc3n21.Cl. The lowest BCUT2D eigenvalue weighted by Crippen LogP contribution is -2.37. The Morgan fingerprint density at radius 3 is 2.73 bits per heavy atom. The summed E-state index contributed by atoms with van der Waals surface area (Å²) in [5.41, 5.74) is 9.86. The van der Waals surface area contributed by atoms with E-state index in [-0.39, 0.29) is 36.0 Å². The molecule has 0 saturated heterocycles. The zero-order valence-electron chi connectivity index (χ0n) is 18.0. The minimum atomic E-state index is -0.331. The highest BCUT2D eigenvalue weighted by molar-refractivity contribution is 6.04. The molecule has 1 aromatic carbocycles. The Hall–Kier alpha value is -3.69. The third kappa shape index (κ3) is 4.33. The minimum Gasteiger partial charge on any atom is -0.349 e. The maximum atomic E-state index is 12.8. The highest BCUT2D eigenvalue weighted by Gasteiger charge is 2.25. The standard InChI is InChI=1S/C23H23N7O2.ClH/c1-14-10-25-23(32)20-8-17-6-7-19(28-21(17)30(14)20)22(31)27-18-11-26-29(13-18)12-16-4-2-15(9-24)3-5-16;/h2-8,11,13-14H,9-10,12,24H2,1H3,(H,25,32)(H,27,31);1H. The monoisotopic (exact) mass is 465 g/mol. The number of halogens is 1. The summed E-state index contributed by atoms with van der Waals surface area (Å²) in [4.78, 5) is 29.5. The summed E-state index contributed by atoms with van der Waals surface area (Å²) in [5, 5.41) is 10.9. The summed E-state index contributed by atoms with van der Waals surface area (Å²) in [6.07, 6.45) is 3.38. The Labute approximate surface area is 196 Å². The van der Waals surface area contributed by atoms with Gasteiger partial charge in [0.1, 0.15) is 17.0 Å². The van der Waals surface area contributed by atoms with Crippen LogP contribution in [0.15, 0.2) is 54.9 Å².